The van der Waals surface area contributed by atoms with E-state index < -0.39 is 5.41 Å². The van der Waals surface area contributed by atoms with Crippen LogP contribution in [0.15, 0.2) is 212 Å². The lowest BCUT2D eigenvalue weighted by Gasteiger charge is -2.32. The van der Waals surface area contributed by atoms with E-state index in [0.29, 0.717) is 0 Å². The molecule has 3 aliphatic rings. The van der Waals surface area contributed by atoms with Gasteiger partial charge < -0.3 is 4.90 Å². The maximum atomic E-state index is 2.49. The molecule has 1 spiro atoms. The average molecular weight is 780 g/mol. The van der Waals surface area contributed by atoms with Gasteiger partial charge in [0.15, 0.2) is 0 Å². The molecule has 13 rings (SSSR count). The largest absolute Gasteiger partial charge is 0.310 e. The first-order chi connectivity index (χ1) is 29.8. The van der Waals surface area contributed by atoms with Gasteiger partial charge in [0.2, 0.25) is 0 Å². The van der Waals surface area contributed by atoms with Gasteiger partial charge >= 0.3 is 0 Å². The quantitative estimate of drug-likeness (QED) is 0.168. The van der Waals surface area contributed by atoms with Crippen molar-refractivity contribution in [3.05, 3.63) is 245 Å². The maximum Gasteiger partial charge on any atom is 0.0726 e. The number of fused-ring (bicyclic) bond motifs is 15. The van der Waals surface area contributed by atoms with Gasteiger partial charge in [-0.25, -0.2) is 0 Å². The van der Waals surface area contributed by atoms with Crippen LogP contribution >= 0.6 is 11.3 Å². The van der Waals surface area contributed by atoms with Crippen LogP contribution in [0.5, 0.6) is 0 Å². The van der Waals surface area contributed by atoms with Crippen molar-refractivity contribution >= 4 is 38.5 Å². The monoisotopic (exact) mass is 779 g/mol. The van der Waals surface area contributed by atoms with E-state index in [0.717, 1.165) is 23.5 Å². The second-order valence-electron chi connectivity index (χ2n) is 16.3. The molecular formula is C58H37NS. The van der Waals surface area contributed by atoms with Crippen LogP contribution < -0.4 is 4.90 Å². The van der Waals surface area contributed by atoms with E-state index in [2.05, 4.69) is 217 Å². The number of hydrogen-bond donors (Lipinski definition) is 0. The van der Waals surface area contributed by atoms with Gasteiger partial charge in [-0.3, -0.25) is 0 Å². The van der Waals surface area contributed by atoms with Crippen molar-refractivity contribution in [1.29, 1.82) is 0 Å². The highest BCUT2D eigenvalue weighted by atomic mass is 32.1. The van der Waals surface area contributed by atoms with Crippen LogP contribution in [0, 0.1) is 0 Å². The summed E-state index contributed by atoms with van der Waals surface area (Å²) >= 11 is 1.96. The molecule has 3 aliphatic carbocycles. The van der Waals surface area contributed by atoms with Gasteiger partial charge in [-0.1, -0.05) is 176 Å². The topological polar surface area (TPSA) is 3.24 Å². The Morgan fingerprint density at radius 1 is 0.367 bits per heavy atom. The summed E-state index contributed by atoms with van der Waals surface area (Å²) in [5.74, 6) is 0. The van der Waals surface area contributed by atoms with Crippen molar-refractivity contribution < 1.29 is 0 Å². The molecule has 10 aromatic rings. The average Bonchev–Trinajstić information content (AvgIpc) is 4.04. The maximum absolute atomic E-state index is 2.49. The first kappa shape index (κ1) is 33.7. The Kier molecular flexibility index (Phi) is 7.23. The van der Waals surface area contributed by atoms with E-state index in [-0.39, 0.29) is 0 Å². The van der Waals surface area contributed by atoms with Gasteiger partial charge in [0.1, 0.15) is 0 Å². The predicted molar refractivity (Wildman–Crippen MR) is 252 cm³/mol. The third-order valence-electron chi connectivity index (χ3n) is 13.3. The molecular weight excluding hydrogens is 743 g/mol. The lowest BCUT2D eigenvalue weighted by atomic mass is 9.70. The Bertz CT molecular complexity index is 3270. The van der Waals surface area contributed by atoms with Crippen LogP contribution in [0.25, 0.3) is 65.7 Å². The summed E-state index contributed by atoms with van der Waals surface area (Å²) in [6.07, 6.45) is 1.02. The van der Waals surface area contributed by atoms with E-state index in [1.165, 1.54) is 98.4 Å². The fourth-order valence-corrected chi connectivity index (χ4v) is 12.2. The molecule has 0 atom stereocenters. The van der Waals surface area contributed by atoms with Gasteiger partial charge in [0, 0.05) is 44.0 Å². The van der Waals surface area contributed by atoms with Crippen LogP contribution in [-0.2, 0) is 11.8 Å². The smallest absolute Gasteiger partial charge is 0.0726 e. The minimum Gasteiger partial charge on any atom is -0.310 e. The highest BCUT2D eigenvalue weighted by molar-refractivity contribution is 7.20. The standard InChI is InChI=1S/C58H37NS/c1-2-13-37(14-3-1)38-25-29-41(30-26-38)59(42-31-27-39(28-32-42)45-20-12-21-50-56-44-16-5-4-15-40(44)35-55(56)60-57(45)50)43-33-34-49-48-19-8-11-24-53(48)58(54(49)36-43)51-22-9-6-17-46(51)47-18-7-10-23-52(47)58/h1-34,36H,35H2. The van der Waals surface area contributed by atoms with Gasteiger partial charge in [0.05, 0.1) is 5.41 Å². The summed E-state index contributed by atoms with van der Waals surface area (Å²) in [5.41, 5.74) is 22.8. The van der Waals surface area contributed by atoms with E-state index in [4.69, 9.17) is 0 Å². The molecule has 0 saturated carbocycles. The number of hydrogen-bond acceptors (Lipinski definition) is 2. The van der Waals surface area contributed by atoms with Gasteiger partial charge in [-0.05, 0) is 114 Å². The third kappa shape index (κ3) is 4.68. The minimum absolute atomic E-state index is 0.415. The molecule has 0 unspecified atom stereocenters. The zero-order valence-electron chi connectivity index (χ0n) is 32.8. The zero-order chi connectivity index (χ0) is 39.4. The molecule has 2 heteroatoms. The molecule has 0 bridgehead atoms. The summed E-state index contributed by atoms with van der Waals surface area (Å²) < 4.78 is 1.37. The van der Waals surface area contributed by atoms with Crippen LogP contribution in [0.4, 0.5) is 17.1 Å². The molecule has 0 saturated heterocycles. The zero-order valence-corrected chi connectivity index (χ0v) is 33.6. The normalized spacial score (nSPS) is 13.4. The Balaban J connectivity index is 0.980. The minimum atomic E-state index is -0.415. The predicted octanol–water partition coefficient (Wildman–Crippen LogP) is 15.6. The van der Waals surface area contributed by atoms with Crippen molar-refractivity contribution in [1.82, 2.24) is 0 Å². The summed E-state index contributed by atoms with van der Waals surface area (Å²) in [7, 11) is 0. The first-order valence-corrected chi connectivity index (χ1v) is 21.7. The van der Waals surface area contributed by atoms with Crippen molar-refractivity contribution in [2.45, 2.75) is 11.8 Å². The van der Waals surface area contributed by atoms with E-state index in [1.807, 2.05) is 11.3 Å². The molecule has 1 nitrogen and oxygen atoms in total. The number of nitrogens with zero attached hydrogens (tertiary/aromatic N) is 1. The Morgan fingerprint density at radius 3 is 1.52 bits per heavy atom. The number of rotatable bonds is 5. The fourth-order valence-electron chi connectivity index (χ4n) is 10.8. The molecule has 0 aliphatic heterocycles. The third-order valence-corrected chi connectivity index (χ3v) is 14.6. The summed E-state index contributed by atoms with van der Waals surface area (Å²) in [6, 6.07) is 79.1. The number of benzene rings is 9. The Labute approximate surface area is 354 Å². The van der Waals surface area contributed by atoms with Gasteiger partial charge in [-0.2, -0.15) is 0 Å². The Morgan fingerprint density at radius 2 is 0.867 bits per heavy atom. The second kappa shape index (κ2) is 12.9. The SMILES string of the molecule is c1ccc(-c2ccc(N(c3ccc(-c4cccc5c6c(sc45)Cc4ccccc4-6)cc3)c3ccc4c(c3)C3(c5ccccc5-c5ccccc53)c3ccccc3-4)cc2)cc1. The first-order valence-electron chi connectivity index (χ1n) is 20.9. The van der Waals surface area contributed by atoms with Crippen molar-refractivity contribution in [2.75, 3.05) is 4.90 Å². The van der Waals surface area contributed by atoms with Gasteiger partial charge in [0.25, 0.3) is 0 Å². The number of thiophene rings is 1. The summed E-state index contributed by atoms with van der Waals surface area (Å²) in [4.78, 5) is 3.92. The van der Waals surface area contributed by atoms with Crippen LogP contribution in [0.3, 0.4) is 0 Å². The highest BCUT2D eigenvalue weighted by Gasteiger charge is 2.51. The highest BCUT2D eigenvalue weighted by Crippen LogP contribution is 2.63. The van der Waals surface area contributed by atoms with Crippen molar-refractivity contribution in [3.63, 3.8) is 0 Å². The molecule has 0 N–H and O–H groups in total. The molecule has 9 aromatic carbocycles. The van der Waals surface area contributed by atoms with Crippen LogP contribution in [0.2, 0.25) is 0 Å². The molecule has 1 heterocycles. The fraction of sp³-hybridized carbons (Fsp3) is 0.0345. The Hall–Kier alpha value is -7.26. The van der Waals surface area contributed by atoms with E-state index in [9.17, 15) is 0 Å². The molecule has 0 radical (unpaired) electrons. The molecule has 280 valence electrons. The lowest BCUT2D eigenvalue weighted by Crippen LogP contribution is -2.26. The lowest BCUT2D eigenvalue weighted by molar-refractivity contribution is 0.793. The summed E-state index contributed by atoms with van der Waals surface area (Å²) in [5, 5.41) is 1.37. The number of anilines is 3. The van der Waals surface area contributed by atoms with Gasteiger partial charge in [-0.15, -0.1) is 11.3 Å². The van der Waals surface area contributed by atoms with Crippen molar-refractivity contribution in [2.24, 2.45) is 0 Å². The molecule has 1 aromatic heterocycles. The van der Waals surface area contributed by atoms with Crippen molar-refractivity contribution in [3.8, 4) is 55.6 Å². The van der Waals surface area contributed by atoms with Crippen LogP contribution in [-0.4, -0.2) is 0 Å². The summed E-state index contributed by atoms with van der Waals surface area (Å²) in [6.45, 7) is 0. The molecule has 0 amide bonds. The van der Waals surface area contributed by atoms with Crippen LogP contribution in [0.1, 0.15) is 32.7 Å². The second-order valence-corrected chi connectivity index (χ2v) is 17.4. The van der Waals surface area contributed by atoms with E-state index in [1.54, 1.807) is 0 Å². The molecule has 0 fully saturated rings. The molecule has 60 heavy (non-hydrogen) atoms. The van der Waals surface area contributed by atoms with E-state index >= 15 is 0 Å².